The second-order valence-electron chi connectivity index (χ2n) is 7.65. The van der Waals surface area contributed by atoms with E-state index in [1.807, 2.05) is 29.2 Å². The van der Waals surface area contributed by atoms with E-state index in [4.69, 9.17) is 9.72 Å². The number of hydrogen-bond acceptors (Lipinski definition) is 5. The Bertz CT molecular complexity index is 820. The Labute approximate surface area is 166 Å². The van der Waals surface area contributed by atoms with Crippen LogP contribution in [0.25, 0.3) is 11.3 Å². The topological polar surface area (TPSA) is 58.6 Å². The lowest BCUT2D eigenvalue weighted by molar-refractivity contribution is -0.131. The first kappa shape index (κ1) is 18.9. The Morgan fingerprint density at radius 3 is 2.71 bits per heavy atom. The van der Waals surface area contributed by atoms with Gasteiger partial charge in [0.2, 0.25) is 5.91 Å². The Balaban J connectivity index is 1.53. The van der Waals surface area contributed by atoms with Crippen LogP contribution < -0.4 is 4.74 Å². The molecule has 0 radical (unpaired) electrons. The largest absolute Gasteiger partial charge is 0.496 e. The van der Waals surface area contributed by atoms with Crippen LogP contribution >= 0.6 is 0 Å². The highest BCUT2D eigenvalue weighted by molar-refractivity contribution is 5.78. The maximum Gasteiger partial charge on any atom is 0.236 e. The highest BCUT2D eigenvalue weighted by Crippen LogP contribution is 2.35. The molecule has 0 unspecified atom stereocenters. The maximum atomic E-state index is 12.6. The summed E-state index contributed by atoms with van der Waals surface area (Å²) in [6, 6.07) is 7.95. The zero-order valence-electron chi connectivity index (χ0n) is 16.5. The van der Waals surface area contributed by atoms with Crippen LogP contribution in [0.4, 0.5) is 0 Å². The minimum Gasteiger partial charge on any atom is -0.496 e. The standard InChI is InChI=1S/C22H28N4O2/c1-28-19-9-3-2-8-18(19)22-21(23-10-11-24-22)17-7-6-12-25(15-17)16-20(27)26-13-4-5-14-26/h2-3,8-11,17H,4-7,12-16H2,1H3/t17-/m1/s1. The molecule has 2 saturated heterocycles. The van der Waals surface area contributed by atoms with Crippen molar-refractivity contribution in [2.45, 2.75) is 31.6 Å². The third kappa shape index (κ3) is 4.02. The van der Waals surface area contributed by atoms with Gasteiger partial charge in [-0.15, -0.1) is 0 Å². The summed E-state index contributed by atoms with van der Waals surface area (Å²) in [4.78, 5) is 26.2. The molecule has 0 saturated carbocycles. The predicted molar refractivity (Wildman–Crippen MR) is 108 cm³/mol. The van der Waals surface area contributed by atoms with Crippen molar-refractivity contribution in [1.82, 2.24) is 19.8 Å². The molecule has 2 aliphatic rings. The van der Waals surface area contributed by atoms with Crippen LogP contribution in [-0.4, -0.2) is 65.5 Å². The second kappa shape index (κ2) is 8.69. The number of nitrogens with zero attached hydrogens (tertiary/aromatic N) is 4. The number of ether oxygens (including phenoxy) is 1. The van der Waals surface area contributed by atoms with Crippen molar-refractivity contribution in [3.8, 4) is 17.0 Å². The lowest BCUT2D eigenvalue weighted by atomic mass is 9.91. The van der Waals surface area contributed by atoms with Crippen molar-refractivity contribution in [3.05, 3.63) is 42.4 Å². The average molecular weight is 380 g/mol. The molecule has 1 aromatic carbocycles. The molecule has 1 amide bonds. The van der Waals surface area contributed by atoms with Gasteiger partial charge in [-0.2, -0.15) is 0 Å². The highest BCUT2D eigenvalue weighted by Gasteiger charge is 2.28. The van der Waals surface area contributed by atoms with E-state index >= 15 is 0 Å². The fourth-order valence-corrected chi connectivity index (χ4v) is 4.38. The molecule has 6 nitrogen and oxygen atoms in total. The molecule has 0 bridgehead atoms. The molecule has 148 valence electrons. The quantitative estimate of drug-likeness (QED) is 0.798. The smallest absolute Gasteiger partial charge is 0.236 e. The number of rotatable bonds is 5. The highest BCUT2D eigenvalue weighted by atomic mass is 16.5. The average Bonchev–Trinajstić information content (AvgIpc) is 3.29. The van der Waals surface area contributed by atoms with Gasteiger partial charge in [0, 0.05) is 43.5 Å². The number of piperidine rings is 1. The van der Waals surface area contributed by atoms with E-state index in [0.717, 1.165) is 74.6 Å². The molecule has 28 heavy (non-hydrogen) atoms. The molecule has 0 N–H and O–H groups in total. The molecule has 2 aliphatic heterocycles. The summed E-state index contributed by atoms with van der Waals surface area (Å²) >= 11 is 0. The molecule has 6 heteroatoms. The van der Waals surface area contributed by atoms with Crippen LogP contribution in [0.3, 0.4) is 0 Å². The zero-order valence-corrected chi connectivity index (χ0v) is 16.5. The van der Waals surface area contributed by atoms with E-state index in [-0.39, 0.29) is 11.8 Å². The summed E-state index contributed by atoms with van der Waals surface area (Å²) in [5.41, 5.74) is 2.86. The number of likely N-dealkylation sites (tertiary alicyclic amines) is 2. The molecule has 0 spiro atoms. The number of carbonyl (C=O) groups excluding carboxylic acids is 1. The van der Waals surface area contributed by atoms with Crippen molar-refractivity contribution in [2.75, 3.05) is 39.8 Å². The Morgan fingerprint density at radius 2 is 1.89 bits per heavy atom. The molecular weight excluding hydrogens is 352 g/mol. The van der Waals surface area contributed by atoms with Crippen molar-refractivity contribution >= 4 is 5.91 Å². The minimum absolute atomic E-state index is 0.266. The van der Waals surface area contributed by atoms with E-state index in [0.29, 0.717) is 6.54 Å². The first-order valence-corrected chi connectivity index (χ1v) is 10.2. The Hall–Kier alpha value is -2.47. The van der Waals surface area contributed by atoms with Gasteiger partial charge < -0.3 is 9.64 Å². The van der Waals surface area contributed by atoms with Crippen LogP contribution in [0.2, 0.25) is 0 Å². The van der Waals surface area contributed by atoms with Crippen LogP contribution in [-0.2, 0) is 4.79 Å². The number of amides is 1. The van der Waals surface area contributed by atoms with Gasteiger partial charge in [-0.3, -0.25) is 19.7 Å². The van der Waals surface area contributed by atoms with Gasteiger partial charge in [-0.25, -0.2) is 0 Å². The molecule has 2 fully saturated rings. The zero-order chi connectivity index (χ0) is 19.3. The van der Waals surface area contributed by atoms with Crippen LogP contribution in [0.15, 0.2) is 36.7 Å². The number of methoxy groups -OCH3 is 1. The van der Waals surface area contributed by atoms with E-state index in [2.05, 4.69) is 9.88 Å². The van der Waals surface area contributed by atoms with Gasteiger partial charge in [0.15, 0.2) is 0 Å². The number of hydrogen-bond donors (Lipinski definition) is 0. The molecule has 3 heterocycles. The van der Waals surface area contributed by atoms with E-state index in [9.17, 15) is 4.79 Å². The molecule has 1 aromatic heterocycles. The summed E-state index contributed by atoms with van der Waals surface area (Å²) in [5, 5.41) is 0. The lowest BCUT2D eigenvalue weighted by Gasteiger charge is -2.33. The SMILES string of the molecule is COc1ccccc1-c1nccnc1[C@@H]1CCCN(CC(=O)N2CCCC2)C1. The predicted octanol–water partition coefficient (Wildman–Crippen LogP) is 2.95. The summed E-state index contributed by atoms with van der Waals surface area (Å²) in [6.45, 7) is 4.16. The Kier molecular flexibility index (Phi) is 5.86. The van der Waals surface area contributed by atoms with Crippen LogP contribution in [0, 0.1) is 0 Å². The summed E-state index contributed by atoms with van der Waals surface area (Å²) in [7, 11) is 1.68. The van der Waals surface area contributed by atoms with Gasteiger partial charge in [0.25, 0.3) is 0 Å². The minimum atomic E-state index is 0.266. The third-order valence-corrected chi connectivity index (χ3v) is 5.80. The first-order valence-electron chi connectivity index (χ1n) is 10.2. The number of para-hydroxylation sites is 1. The maximum absolute atomic E-state index is 12.6. The number of benzene rings is 1. The van der Waals surface area contributed by atoms with E-state index in [1.165, 1.54) is 0 Å². The van der Waals surface area contributed by atoms with Crippen molar-refractivity contribution in [1.29, 1.82) is 0 Å². The van der Waals surface area contributed by atoms with Crippen molar-refractivity contribution in [2.24, 2.45) is 0 Å². The second-order valence-corrected chi connectivity index (χ2v) is 7.65. The van der Waals surface area contributed by atoms with Crippen molar-refractivity contribution < 1.29 is 9.53 Å². The monoisotopic (exact) mass is 380 g/mol. The van der Waals surface area contributed by atoms with Crippen molar-refractivity contribution in [3.63, 3.8) is 0 Å². The van der Waals surface area contributed by atoms with Crippen LogP contribution in [0.5, 0.6) is 5.75 Å². The molecule has 2 aromatic rings. The molecule has 1 atom stereocenters. The number of carbonyl (C=O) groups is 1. The molecule has 4 rings (SSSR count). The first-order chi connectivity index (χ1) is 13.8. The van der Waals surface area contributed by atoms with Gasteiger partial charge in [0.1, 0.15) is 5.75 Å². The summed E-state index contributed by atoms with van der Waals surface area (Å²) < 4.78 is 5.54. The summed E-state index contributed by atoms with van der Waals surface area (Å²) in [6.07, 6.45) is 7.91. The van der Waals surface area contributed by atoms with Gasteiger partial charge in [-0.05, 0) is 44.4 Å². The van der Waals surface area contributed by atoms with E-state index < -0.39 is 0 Å². The van der Waals surface area contributed by atoms with Gasteiger partial charge in [0.05, 0.1) is 25.0 Å². The van der Waals surface area contributed by atoms with Gasteiger partial charge in [-0.1, -0.05) is 12.1 Å². The fraction of sp³-hybridized carbons (Fsp3) is 0.500. The van der Waals surface area contributed by atoms with Gasteiger partial charge >= 0.3 is 0 Å². The molecule has 0 aliphatic carbocycles. The fourth-order valence-electron chi connectivity index (χ4n) is 4.38. The number of aromatic nitrogens is 2. The Morgan fingerprint density at radius 1 is 1.11 bits per heavy atom. The normalized spacial score (nSPS) is 20.3. The third-order valence-electron chi connectivity index (χ3n) is 5.80. The van der Waals surface area contributed by atoms with Crippen LogP contribution in [0.1, 0.15) is 37.3 Å². The van der Waals surface area contributed by atoms with E-state index in [1.54, 1.807) is 19.5 Å². The summed E-state index contributed by atoms with van der Waals surface area (Å²) in [5.74, 6) is 1.34. The lowest BCUT2D eigenvalue weighted by Crippen LogP contribution is -2.43. The molecular formula is C22H28N4O2.